The summed E-state index contributed by atoms with van der Waals surface area (Å²) in [6.45, 7) is 6.63. The van der Waals surface area contributed by atoms with Crippen molar-refractivity contribution in [3.05, 3.63) is 102 Å². The molecule has 3 aromatic carbocycles. The first kappa shape index (κ1) is 24.9. The van der Waals surface area contributed by atoms with Crippen LogP contribution < -0.4 is 20.3 Å². The lowest BCUT2D eigenvalue weighted by Gasteiger charge is -2.08. The molecule has 0 radical (unpaired) electrons. The normalized spacial score (nSPS) is 10.4. The lowest BCUT2D eigenvalue weighted by Crippen LogP contribution is -2.24. The maximum absolute atomic E-state index is 12.0. The Labute approximate surface area is 204 Å². The van der Waals surface area contributed by atoms with E-state index in [0.29, 0.717) is 17.9 Å². The Kier molecular flexibility index (Phi) is 9.32. The summed E-state index contributed by atoms with van der Waals surface area (Å²) in [6, 6.07) is 22.6. The molecule has 8 nitrogen and oxygen atoms in total. The summed E-state index contributed by atoms with van der Waals surface area (Å²) in [6.07, 6.45) is 4.02. The lowest BCUT2D eigenvalue weighted by atomic mass is 10.0. The summed E-state index contributed by atoms with van der Waals surface area (Å²) >= 11 is 0. The average Bonchev–Trinajstić information content (AvgIpc) is 2.88. The molecule has 2 amide bonds. The maximum atomic E-state index is 12.0. The Hall–Kier alpha value is -4.72. The quantitative estimate of drug-likeness (QED) is 0.312. The van der Waals surface area contributed by atoms with Crippen LogP contribution in [-0.2, 0) is 16.0 Å². The third-order valence-corrected chi connectivity index (χ3v) is 4.75. The molecule has 8 heteroatoms. The van der Waals surface area contributed by atoms with E-state index in [1.807, 2.05) is 60.7 Å². The van der Waals surface area contributed by atoms with Gasteiger partial charge in [0, 0.05) is 6.72 Å². The fourth-order valence-corrected chi connectivity index (χ4v) is 3.04. The third-order valence-electron chi connectivity index (χ3n) is 4.75. The summed E-state index contributed by atoms with van der Waals surface area (Å²) in [4.78, 5) is 23.3. The number of amides is 2. The van der Waals surface area contributed by atoms with Crippen molar-refractivity contribution in [2.45, 2.75) is 6.42 Å². The molecule has 0 spiro atoms. The highest BCUT2D eigenvalue weighted by Crippen LogP contribution is 2.18. The summed E-state index contributed by atoms with van der Waals surface area (Å²) in [5.41, 5.74) is 8.65. The van der Waals surface area contributed by atoms with Crippen molar-refractivity contribution in [3.8, 4) is 11.5 Å². The molecule has 2 N–H and O–H groups in total. The van der Waals surface area contributed by atoms with E-state index >= 15 is 0 Å². The zero-order valence-electron chi connectivity index (χ0n) is 19.1. The number of benzene rings is 3. The minimum atomic E-state index is -0.369. The molecule has 0 fully saturated rings. The van der Waals surface area contributed by atoms with Crippen molar-refractivity contribution in [2.75, 3.05) is 13.2 Å². The summed E-state index contributed by atoms with van der Waals surface area (Å²) in [5.74, 6) is 0.448. The van der Waals surface area contributed by atoms with Crippen LogP contribution in [0.25, 0.3) is 6.08 Å². The van der Waals surface area contributed by atoms with E-state index in [1.54, 1.807) is 24.4 Å². The first-order valence-corrected chi connectivity index (χ1v) is 10.8. The van der Waals surface area contributed by atoms with Crippen molar-refractivity contribution >= 4 is 30.8 Å². The Morgan fingerprint density at radius 3 is 1.89 bits per heavy atom. The molecule has 0 saturated carbocycles. The van der Waals surface area contributed by atoms with Crippen molar-refractivity contribution in [1.29, 1.82) is 0 Å². The lowest BCUT2D eigenvalue weighted by molar-refractivity contribution is -0.123. The van der Waals surface area contributed by atoms with E-state index in [9.17, 15) is 9.59 Å². The minimum Gasteiger partial charge on any atom is -0.484 e. The van der Waals surface area contributed by atoms with Gasteiger partial charge in [-0.25, -0.2) is 10.9 Å². The highest BCUT2D eigenvalue weighted by atomic mass is 16.5. The molecular formula is C27H26N4O4. The second kappa shape index (κ2) is 13.1. The molecule has 3 aromatic rings. The van der Waals surface area contributed by atoms with Crippen molar-refractivity contribution in [3.63, 3.8) is 0 Å². The van der Waals surface area contributed by atoms with Crippen molar-refractivity contribution in [2.24, 2.45) is 10.2 Å². The summed E-state index contributed by atoms with van der Waals surface area (Å²) in [5, 5.41) is 7.25. The van der Waals surface area contributed by atoms with Crippen LogP contribution in [0.15, 0.2) is 89.6 Å². The molecule has 0 heterocycles. The molecule has 0 atom stereocenters. The number of hydrogen-bond acceptors (Lipinski definition) is 6. The van der Waals surface area contributed by atoms with Gasteiger partial charge < -0.3 is 9.47 Å². The molecule has 0 aromatic heterocycles. The molecule has 178 valence electrons. The number of carbonyl (C=O) groups is 2. The second-order valence-corrected chi connectivity index (χ2v) is 7.40. The monoisotopic (exact) mass is 470 g/mol. The van der Waals surface area contributed by atoms with E-state index < -0.39 is 0 Å². The first-order valence-electron chi connectivity index (χ1n) is 10.8. The minimum absolute atomic E-state index is 0.131. The number of hydrogen-bond donors (Lipinski definition) is 2. The Morgan fingerprint density at radius 1 is 0.800 bits per heavy atom. The topological polar surface area (TPSA) is 101 Å². The van der Waals surface area contributed by atoms with Gasteiger partial charge in [0.15, 0.2) is 13.2 Å². The van der Waals surface area contributed by atoms with Crippen molar-refractivity contribution in [1.82, 2.24) is 10.9 Å². The first-order chi connectivity index (χ1) is 17.1. The standard InChI is InChI=1S/C27H26N4O4/c1-3-20-5-4-6-23(15-20)17-29-31-27(33)19-35-25-13-9-22(10-14-25)16-21-7-11-24(12-8-21)34-18-26(32)30-28-2/h3-15,17H,1-2,16,18-19H2,(H,30,32)(H,31,33)/b29-17+. The Bertz CT molecular complexity index is 1190. The zero-order chi connectivity index (χ0) is 24.9. The molecule has 35 heavy (non-hydrogen) atoms. The second-order valence-electron chi connectivity index (χ2n) is 7.40. The average molecular weight is 471 g/mol. The molecule has 0 saturated heterocycles. The molecule has 0 aliphatic carbocycles. The molecule has 0 bridgehead atoms. The highest BCUT2D eigenvalue weighted by molar-refractivity contribution is 5.83. The predicted octanol–water partition coefficient (Wildman–Crippen LogP) is 3.56. The van der Waals surface area contributed by atoms with Crippen LogP contribution in [-0.4, -0.2) is 38.0 Å². The van der Waals surface area contributed by atoms with Gasteiger partial charge in [0.25, 0.3) is 11.8 Å². The van der Waals surface area contributed by atoms with E-state index in [-0.39, 0.29) is 25.0 Å². The third kappa shape index (κ3) is 8.62. The largest absolute Gasteiger partial charge is 0.484 e. The summed E-state index contributed by atoms with van der Waals surface area (Å²) in [7, 11) is 0. The van der Waals surface area contributed by atoms with Gasteiger partial charge in [-0.15, -0.1) is 0 Å². The van der Waals surface area contributed by atoms with Crippen LogP contribution in [0.1, 0.15) is 22.3 Å². The van der Waals surface area contributed by atoms with E-state index in [0.717, 1.165) is 22.3 Å². The molecule has 0 aliphatic heterocycles. The number of nitrogens with one attached hydrogen (secondary N) is 2. The van der Waals surface area contributed by atoms with Crippen LogP contribution in [0.2, 0.25) is 0 Å². The van der Waals surface area contributed by atoms with E-state index in [1.165, 1.54) is 0 Å². The number of ether oxygens (including phenoxy) is 2. The molecule has 3 rings (SSSR count). The van der Waals surface area contributed by atoms with Crippen molar-refractivity contribution < 1.29 is 19.1 Å². The Morgan fingerprint density at radius 2 is 1.34 bits per heavy atom. The van der Waals surface area contributed by atoms with E-state index in [4.69, 9.17) is 9.47 Å². The van der Waals surface area contributed by atoms with Gasteiger partial charge in [0.05, 0.1) is 6.21 Å². The predicted molar refractivity (Wildman–Crippen MR) is 137 cm³/mol. The van der Waals surface area contributed by atoms with Crippen LogP contribution in [0.4, 0.5) is 0 Å². The maximum Gasteiger partial charge on any atom is 0.277 e. The van der Waals surface area contributed by atoms with Gasteiger partial charge in [0.1, 0.15) is 11.5 Å². The highest BCUT2D eigenvalue weighted by Gasteiger charge is 2.04. The van der Waals surface area contributed by atoms with Gasteiger partial charge in [-0.1, -0.05) is 55.1 Å². The number of nitrogens with zero attached hydrogens (tertiary/aromatic N) is 2. The molecule has 0 aliphatic rings. The Balaban J connectivity index is 1.42. The fraction of sp³-hybridized carbons (Fsp3) is 0.111. The number of carbonyl (C=O) groups excluding carboxylic acids is 2. The summed E-state index contributed by atoms with van der Waals surface area (Å²) < 4.78 is 10.9. The number of hydrazone groups is 2. The van der Waals surface area contributed by atoms with Crippen LogP contribution >= 0.6 is 0 Å². The van der Waals surface area contributed by atoms with E-state index in [2.05, 4.69) is 34.4 Å². The zero-order valence-corrected chi connectivity index (χ0v) is 19.1. The van der Waals surface area contributed by atoms with Crippen LogP contribution in [0.5, 0.6) is 11.5 Å². The van der Waals surface area contributed by atoms with Gasteiger partial charge in [-0.05, 0) is 59.0 Å². The van der Waals surface area contributed by atoms with Crippen LogP contribution in [0.3, 0.4) is 0 Å². The van der Waals surface area contributed by atoms with Gasteiger partial charge in [-0.2, -0.15) is 10.2 Å². The van der Waals surface area contributed by atoms with Crippen LogP contribution in [0, 0.1) is 0 Å². The smallest absolute Gasteiger partial charge is 0.277 e. The molecular weight excluding hydrogens is 444 g/mol. The van der Waals surface area contributed by atoms with Gasteiger partial charge in [0.2, 0.25) is 0 Å². The SMILES string of the molecule is C=Cc1cccc(/C=N/NC(=O)COc2ccc(Cc3ccc(OCC(=O)NN=C)cc3)cc2)c1. The number of rotatable bonds is 12. The van der Waals surface area contributed by atoms with Gasteiger partial charge in [-0.3, -0.25) is 9.59 Å². The fourth-order valence-electron chi connectivity index (χ4n) is 3.04. The molecule has 0 unspecified atom stereocenters. The van der Waals surface area contributed by atoms with Gasteiger partial charge >= 0.3 is 0 Å².